The van der Waals surface area contributed by atoms with E-state index in [0.29, 0.717) is 0 Å². The largest absolute Gasteiger partial charge is 0.330 e. The van der Waals surface area contributed by atoms with Gasteiger partial charge in [0.15, 0.2) is 0 Å². The van der Waals surface area contributed by atoms with Crippen LogP contribution in [0, 0.1) is 0 Å². The van der Waals surface area contributed by atoms with Crippen molar-refractivity contribution in [2.24, 2.45) is 5.73 Å². The lowest BCUT2D eigenvalue weighted by molar-refractivity contribution is 0.837. The maximum atomic E-state index is 5.44. The van der Waals surface area contributed by atoms with Crippen LogP contribution in [0.1, 0.15) is 26.7 Å². The Morgan fingerprint density at radius 3 is 2.43 bits per heavy atom. The van der Waals surface area contributed by atoms with Crippen LogP contribution >= 0.6 is 11.8 Å². The Kier molecular flexibility index (Phi) is 7.63. The first kappa shape index (κ1) is 13.5. The third kappa shape index (κ3) is 6.98. The van der Waals surface area contributed by atoms with Crippen LogP contribution in [0.25, 0.3) is 0 Å². The Labute approximate surface area is 92.1 Å². The molecule has 0 aromatic heterocycles. The van der Waals surface area contributed by atoms with E-state index in [1.54, 1.807) is 11.8 Å². The number of rotatable bonds is 6. The van der Waals surface area contributed by atoms with E-state index in [1.807, 2.05) is 0 Å². The van der Waals surface area contributed by atoms with Crippen LogP contribution < -0.4 is 5.73 Å². The molecule has 2 heteroatoms. The minimum absolute atomic E-state index is 0.740. The molecule has 0 aliphatic carbocycles. The molecule has 80 valence electrons. The quantitative estimate of drug-likeness (QED) is 0.681. The second-order valence-corrected chi connectivity index (χ2v) is 4.40. The van der Waals surface area contributed by atoms with Gasteiger partial charge in [0, 0.05) is 4.91 Å². The molecule has 0 saturated carbocycles. The molecule has 0 heterocycles. The summed E-state index contributed by atoms with van der Waals surface area (Å²) in [7, 11) is 0. The Morgan fingerprint density at radius 1 is 1.36 bits per heavy atom. The van der Waals surface area contributed by atoms with E-state index in [2.05, 4.69) is 38.8 Å². The summed E-state index contributed by atoms with van der Waals surface area (Å²) >= 11 is 1.75. The first-order chi connectivity index (χ1) is 6.60. The van der Waals surface area contributed by atoms with Gasteiger partial charge in [0.05, 0.1) is 0 Å². The van der Waals surface area contributed by atoms with Crippen molar-refractivity contribution in [1.82, 2.24) is 0 Å². The summed E-state index contributed by atoms with van der Waals surface area (Å²) < 4.78 is 0. The van der Waals surface area contributed by atoms with Crippen LogP contribution in [-0.2, 0) is 0 Å². The Morgan fingerprint density at radius 2 is 2.00 bits per heavy atom. The van der Waals surface area contributed by atoms with E-state index in [0.717, 1.165) is 25.0 Å². The van der Waals surface area contributed by atoms with Crippen molar-refractivity contribution in [2.45, 2.75) is 26.7 Å². The predicted octanol–water partition coefficient (Wildman–Crippen LogP) is 3.49. The summed E-state index contributed by atoms with van der Waals surface area (Å²) in [5.74, 6) is 0. The van der Waals surface area contributed by atoms with Crippen molar-refractivity contribution in [3.63, 3.8) is 0 Å². The molecule has 0 rings (SSSR count). The molecule has 0 radical (unpaired) electrons. The summed E-state index contributed by atoms with van der Waals surface area (Å²) in [6, 6.07) is 0. The monoisotopic (exact) mass is 211 g/mol. The van der Waals surface area contributed by atoms with E-state index in [4.69, 9.17) is 5.73 Å². The molecule has 0 bridgehead atoms. The van der Waals surface area contributed by atoms with Crippen molar-refractivity contribution in [3.8, 4) is 0 Å². The highest BCUT2D eigenvalue weighted by molar-refractivity contribution is 8.02. The average molecular weight is 211 g/mol. The molecule has 0 saturated heterocycles. The maximum absolute atomic E-state index is 5.44. The number of thioether (sulfide) groups is 1. The molecule has 2 N–H and O–H groups in total. The zero-order valence-electron chi connectivity index (χ0n) is 9.47. The number of hydrogen-bond donors (Lipinski definition) is 1. The fourth-order valence-corrected chi connectivity index (χ4v) is 1.68. The summed E-state index contributed by atoms with van der Waals surface area (Å²) in [5, 5.41) is 0. The Bertz CT molecular complexity index is 235. The lowest BCUT2D eigenvalue weighted by Crippen LogP contribution is -1.97. The predicted molar refractivity (Wildman–Crippen MR) is 68.5 cm³/mol. The molecule has 14 heavy (non-hydrogen) atoms. The van der Waals surface area contributed by atoms with Gasteiger partial charge in [-0.25, -0.2) is 0 Å². The van der Waals surface area contributed by atoms with E-state index >= 15 is 0 Å². The van der Waals surface area contributed by atoms with Crippen LogP contribution in [0.4, 0.5) is 0 Å². The molecule has 1 nitrogen and oxygen atoms in total. The molecule has 0 amide bonds. The molecule has 0 fully saturated rings. The van der Waals surface area contributed by atoms with E-state index in [1.165, 1.54) is 10.5 Å². The average Bonchev–Trinajstić information content (AvgIpc) is 2.12. The molecule has 0 aromatic rings. The topological polar surface area (TPSA) is 26.0 Å². The summed E-state index contributed by atoms with van der Waals surface area (Å²) in [5.41, 5.74) is 7.92. The van der Waals surface area contributed by atoms with Crippen LogP contribution in [0.5, 0.6) is 0 Å². The highest BCUT2D eigenvalue weighted by Gasteiger charge is 1.94. The van der Waals surface area contributed by atoms with Gasteiger partial charge in [-0.05, 0) is 51.6 Å². The van der Waals surface area contributed by atoms with Gasteiger partial charge in [0.2, 0.25) is 0 Å². The summed E-state index contributed by atoms with van der Waals surface area (Å²) in [6.45, 7) is 8.96. The van der Waals surface area contributed by atoms with Crippen LogP contribution in [-0.4, -0.2) is 12.8 Å². The highest BCUT2D eigenvalue weighted by Crippen LogP contribution is 2.18. The minimum Gasteiger partial charge on any atom is -0.330 e. The normalized spacial score (nSPS) is 11.3. The van der Waals surface area contributed by atoms with Gasteiger partial charge in [0.1, 0.15) is 0 Å². The molecule has 0 spiro atoms. The van der Waals surface area contributed by atoms with Gasteiger partial charge in [0.25, 0.3) is 0 Å². The zero-order valence-corrected chi connectivity index (χ0v) is 10.3. The second kappa shape index (κ2) is 7.89. The number of nitrogens with two attached hydrogens (primary N) is 1. The van der Waals surface area contributed by atoms with E-state index < -0.39 is 0 Å². The fourth-order valence-electron chi connectivity index (χ4n) is 1.05. The molecule has 0 atom stereocenters. The van der Waals surface area contributed by atoms with E-state index in [-0.39, 0.29) is 0 Å². The Balaban J connectivity index is 4.29. The first-order valence-electron chi connectivity index (χ1n) is 4.88. The van der Waals surface area contributed by atoms with Gasteiger partial charge >= 0.3 is 0 Å². The van der Waals surface area contributed by atoms with Crippen molar-refractivity contribution in [1.29, 1.82) is 0 Å². The van der Waals surface area contributed by atoms with Crippen molar-refractivity contribution < 1.29 is 0 Å². The van der Waals surface area contributed by atoms with Crippen molar-refractivity contribution in [3.05, 3.63) is 34.8 Å². The highest BCUT2D eigenvalue weighted by atomic mass is 32.2. The van der Waals surface area contributed by atoms with Crippen LogP contribution in [0.3, 0.4) is 0 Å². The molecule has 0 aliphatic rings. The van der Waals surface area contributed by atoms with Gasteiger partial charge in [-0.1, -0.05) is 17.7 Å². The summed E-state index contributed by atoms with van der Waals surface area (Å²) in [6.07, 6.45) is 8.43. The van der Waals surface area contributed by atoms with Gasteiger partial charge < -0.3 is 5.73 Å². The molecular weight excluding hydrogens is 190 g/mol. The van der Waals surface area contributed by atoms with Gasteiger partial charge in [-0.2, -0.15) is 0 Å². The van der Waals surface area contributed by atoms with Crippen molar-refractivity contribution in [2.75, 3.05) is 12.8 Å². The minimum atomic E-state index is 0.740. The third-order valence-electron chi connectivity index (χ3n) is 1.72. The maximum Gasteiger partial charge on any atom is 0.00709 e. The molecule has 0 aliphatic heterocycles. The Hall–Kier alpha value is -0.470. The summed E-state index contributed by atoms with van der Waals surface area (Å²) in [4.78, 5) is 1.27. The lowest BCUT2D eigenvalue weighted by Gasteiger charge is -2.02. The molecule has 0 unspecified atom stereocenters. The standard InChI is InChI=1S/C12H21NS/c1-10(2)8-12(14-4)9-11(3)6-5-7-13/h8-9H,3,5-7,13H2,1-2,4H3/b12-9+. The lowest BCUT2D eigenvalue weighted by atomic mass is 10.1. The third-order valence-corrected chi connectivity index (χ3v) is 2.42. The fraction of sp³-hybridized carbons (Fsp3) is 0.500. The van der Waals surface area contributed by atoms with E-state index in [9.17, 15) is 0 Å². The smallest absolute Gasteiger partial charge is 0.00709 e. The molecular formula is C12H21NS. The van der Waals surface area contributed by atoms with Gasteiger partial charge in [-0.15, -0.1) is 11.8 Å². The second-order valence-electron chi connectivity index (χ2n) is 3.52. The molecule has 0 aromatic carbocycles. The van der Waals surface area contributed by atoms with Gasteiger partial charge in [-0.3, -0.25) is 0 Å². The number of hydrogen-bond acceptors (Lipinski definition) is 2. The van der Waals surface area contributed by atoms with Crippen LogP contribution in [0.15, 0.2) is 34.8 Å². The van der Waals surface area contributed by atoms with Crippen molar-refractivity contribution >= 4 is 11.8 Å². The zero-order chi connectivity index (χ0) is 11.0. The first-order valence-corrected chi connectivity index (χ1v) is 6.11. The SMILES string of the molecule is C=C(/C=C(\C=C(C)C)SC)CCCN. The number of allylic oxidation sites excluding steroid dienone is 4. The van der Waals surface area contributed by atoms with Crippen LogP contribution in [0.2, 0.25) is 0 Å².